The SMILES string of the molecule is CCCC(CC)CC(=O)N[SH](=O)=O. The fourth-order valence-electron chi connectivity index (χ4n) is 1.27. The Hall–Kier alpha value is -0.580. The van der Waals surface area contributed by atoms with Crippen molar-refractivity contribution in [3.8, 4) is 0 Å². The van der Waals surface area contributed by atoms with Crippen LogP contribution in [0, 0.1) is 5.92 Å². The molecule has 78 valence electrons. The molecular formula is C8H17NO3S. The van der Waals surface area contributed by atoms with E-state index in [-0.39, 0.29) is 0 Å². The molecule has 0 fully saturated rings. The molecule has 0 radical (unpaired) electrons. The number of hydrogen-bond acceptors (Lipinski definition) is 3. The quantitative estimate of drug-likeness (QED) is 0.635. The van der Waals surface area contributed by atoms with Gasteiger partial charge in [-0.2, -0.15) is 0 Å². The van der Waals surface area contributed by atoms with Crippen molar-refractivity contribution in [3.05, 3.63) is 0 Å². The summed E-state index contributed by atoms with van der Waals surface area (Å²) < 4.78 is 22.2. The van der Waals surface area contributed by atoms with Crippen LogP contribution in [0.25, 0.3) is 0 Å². The molecule has 0 aliphatic rings. The van der Waals surface area contributed by atoms with Gasteiger partial charge in [0.25, 0.3) is 0 Å². The predicted octanol–water partition coefficient (Wildman–Crippen LogP) is 0.845. The van der Waals surface area contributed by atoms with Crippen LogP contribution in [-0.4, -0.2) is 14.3 Å². The van der Waals surface area contributed by atoms with Crippen molar-refractivity contribution in [2.24, 2.45) is 5.92 Å². The van der Waals surface area contributed by atoms with Crippen molar-refractivity contribution in [2.75, 3.05) is 0 Å². The maximum atomic E-state index is 11.0. The highest BCUT2D eigenvalue weighted by Gasteiger charge is 2.10. The van der Waals surface area contributed by atoms with Gasteiger partial charge in [0.15, 0.2) is 0 Å². The summed E-state index contributed by atoms with van der Waals surface area (Å²) in [6.45, 7) is 4.06. The van der Waals surface area contributed by atoms with E-state index in [9.17, 15) is 13.2 Å². The Kier molecular flexibility index (Phi) is 6.58. The van der Waals surface area contributed by atoms with Gasteiger partial charge in [0, 0.05) is 6.42 Å². The van der Waals surface area contributed by atoms with Crippen molar-refractivity contribution >= 4 is 16.8 Å². The van der Waals surface area contributed by atoms with Gasteiger partial charge in [-0.05, 0) is 5.92 Å². The number of hydrogen-bond donors (Lipinski definition) is 2. The fraction of sp³-hybridized carbons (Fsp3) is 0.875. The third kappa shape index (κ3) is 6.57. The molecule has 1 unspecified atom stereocenters. The Labute approximate surface area is 80.8 Å². The van der Waals surface area contributed by atoms with E-state index in [0.29, 0.717) is 12.3 Å². The lowest BCUT2D eigenvalue weighted by atomic mass is 9.97. The summed E-state index contributed by atoms with van der Waals surface area (Å²) >= 11 is 0. The molecule has 0 aromatic rings. The molecular weight excluding hydrogens is 190 g/mol. The zero-order chi connectivity index (χ0) is 10.3. The Morgan fingerprint density at radius 3 is 2.38 bits per heavy atom. The molecule has 4 nitrogen and oxygen atoms in total. The van der Waals surface area contributed by atoms with Gasteiger partial charge in [-0.25, -0.2) is 8.42 Å². The minimum atomic E-state index is -2.78. The van der Waals surface area contributed by atoms with Crippen molar-refractivity contribution in [3.63, 3.8) is 0 Å². The zero-order valence-electron chi connectivity index (χ0n) is 8.08. The Balaban J connectivity index is 3.86. The van der Waals surface area contributed by atoms with Gasteiger partial charge >= 0.3 is 0 Å². The number of rotatable bonds is 6. The molecule has 0 aliphatic carbocycles. The summed E-state index contributed by atoms with van der Waals surface area (Å²) in [5, 5.41) is 0. The Morgan fingerprint density at radius 1 is 1.38 bits per heavy atom. The number of thiol groups is 1. The molecule has 1 amide bonds. The molecule has 13 heavy (non-hydrogen) atoms. The van der Waals surface area contributed by atoms with Crippen molar-refractivity contribution < 1.29 is 13.2 Å². The fourth-order valence-corrected chi connectivity index (χ4v) is 1.56. The van der Waals surface area contributed by atoms with Crippen LogP contribution in [0.1, 0.15) is 39.5 Å². The second-order valence-corrected chi connectivity index (χ2v) is 3.80. The zero-order valence-corrected chi connectivity index (χ0v) is 8.97. The third-order valence-electron chi connectivity index (χ3n) is 1.96. The van der Waals surface area contributed by atoms with Gasteiger partial charge in [-0.3, -0.25) is 9.52 Å². The van der Waals surface area contributed by atoms with Crippen molar-refractivity contribution in [1.29, 1.82) is 0 Å². The molecule has 0 aromatic heterocycles. The Bertz CT molecular complexity index is 217. The average molecular weight is 207 g/mol. The minimum Gasteiger partial charge on any atom is -0.274 e. The summed E-state index contributed by atoms with van der Waals surface area (Å²) in [6, 6.07) is 0. The predicted molar refractivity (Wildman–Crippen MR) is 51.8 cm³/mol. The first-order chi connectivity index (χ1) is 6.10. The van der Waals surface area contributed by atoms with Crippen molar-refractivity contribution in [2.45, 2.75) is 39.5 Å². The molecule has 0 aliphatic heterocycles. The molecule has 5 heteroatoms. The van der Waals surface area contributed by atoms with E-state index in [2.05, 4.69) is 6.92 Å². The first-order valence-electron chi connectivity index (χ1n) is 4.54. The van der Waals surface area contributed by atoms with Crippen LogP contribution in [-0.2, 0) is 15.7 Å². The second-order valence-electron chi connectivity index (χ2n) is 3.06. The monoisotopic (exact) mass is 207 g/mol. The van der Waals surface area contributed by atoms with Crippen LogP contribution in [0.4, 0.5) is 0 Å². The molecule has 0 saturated carbocycles. The van der Waals surface area contributed by atoms with E-state index in [4.69, 9.17) is 0 Å². The normalized spacial score (nSPS) is 12.8. The van der Waals surface area contributed by atoms with Crippen LogP contribution >= 0.6 is 0 Å². The summed E-state index contributed by atoms with van der Waals surface area (Å²) in [4.78, 5) is 11.0. The van der Waals surface area contributed by atoms with E-state index in [0.717, 1.165) is 19.3 Å². The maximum absolute atomic E-state index is 11.0. The van der Waals surface area contributed by atoms with Crippen LogP contribution < -0.4 is 4.72 Å². The lowest BCUT2D eigenvalue weighted by molar-refractivity contribution is -0.120. The average Bonchev–Trinajstić information content (AvgIpc) is 2.02. The van der Waals surface area contributed by atoms with Crippen molar-refractivity contribution in [1.82, 2.24) is 4.72 Å². The second kappa shape index (κ2) is 6.88. The lowest BCUT2D eigenvalue weighted by Crippen LogP contribution is -2.23. The molecule has 1 N–H and O–H groups in total. The number of amides is 1. The summed E-state index contributed by atoms with van der Waals surface area (Å²) in [5.41, 5.74) is 0. The lowest BCUT2D eigenvalue weighted by Gasteiger charge is -2.11. The van der Waals surface area contributed by atoms with Crippen LogP contribution in [0.3, 0.4) is 0 Å². The molecule has 0 rings (SSSR count). The molecule has 0 saturated heterocycles. The van der Waals surface area contributed by atoms with Gasteiger partial charge in [-0.15, -0.1) is 0 Å². The van der Waals surface area contributed by atoms with Gasteiger partial charge in [0.05, 0.1) is 0 Å². The van der Waals surface area contributed by atoms with E-state index in [1.54, 1.807) is 0 Å². The number of nitrogens with one attached hydrogen (secondary N) is 1. The standard InChI is InChI=1S/C8H17NO3S/c1-3-5-7(4-2)6-8(10)9-13(11)12/h7,13H,3-6H2,1-2H3,(H,9,10,11,12). The van der Waals surface area contributed by atoms with Crippen LogP contribution in [0.2, 0.25) is 0 Å². The highest BCUT2D eigenvalue weighted by atomic mass is 32.2. The smallest absolute Gasteiger partial charge is 0.233 e. The highest BCUT2D eigenvalue weighted by molar-refractivity contribution is 7.71. The molecule has 0 spiro atoms. The molecule has 0 aromatic carbocycles. The van der Waals surface area contributed by atoms with Gasteiger partial charge in [-0.1, -0.05) is 33.1 Å². The molecule has 1 atom stereocenters. The first-order valence-corrected chi connectivity index (χ1v) is 5.71. The summed E-state index contributed by atoms with van der Waals surface area (Å²) in [5.74, 6) is -0.0867. The molecule has 0 heterocycles. The first kappa shape index (κ1) is 12.4. The highest BCUT2D eigenvalue weighted by Crippen LogP contribution is 2.14. The van der Waals surface area contributed by atoms with Gasteiger partial charge in [0.1, 0.15) is 0 Å². The van der Waals surface area contributed by atoms with E-state index in [1.807, 2.05) is 11.6 Å². The van der Waals surface area contributed by atoms with Gasteiger partial charge < -0.3 is 0 Å². The topological polar surface area (TPSA) is 63.2 Å². The van der Waals surface area contributed by atoms with Crippen LogP contribution in [0.5, 0.6) is 0 Å². The minimum absolute atomic E-state index is 0.306. The van der Waals surface area contributed by atoms with E-state index in [1.165, 1.54) is 0 Å². The third-order valence-corrected chi connectivity index (χ3v) is 2.40. The maximum Gasteiger partial charge on any atom is 0.233 e. The summed E-state index contributed by atoms with van der Waals surface area (Å²) in [6.07, 6.45) is 3.22. The van der Waals surface area contributed by atoms with E-state index < -0.39 is 16.8 Å². The van der Waals surface area contributed by atoms with Crippen LogP contribution in [0.15, 0.2) is 0 Å². The molecule has 0 bridgehead atoms. The number of carbonyl (C=O) groups is 1. The largest absolute Gasteiger partial charge is 0.274 e. The summed E-state index contributed by atoms with van der Waals surface area (Å²) in [7, 11) is -2.78. The van der Waals surface area contributed by atoms with E-state index >= 15 is 0 Å². The van der Waals surface area contributed by atoms with Gasteiger partial charge in [0.2, 0.25) is 16.8 Å². The Morgan fingerprint density at radius 2 is 2.00 bits per heavy atom. The number of carbonyl (C=O) groups excluding carboxylic acids is 1.